The number of ether oxygens (including phenoxy) is 1. The fourth-order valence-corrected chi connectivity index (χ4v) is 4.52. The third-order valence-electron chi connectivity index (χ3n) is 5.57. The van der Waals surface area contributed by atoms with Crippen LogP contribution in [-0.4, -0.2) is 67.3 Å². The van der Waals surface area contributed by atoms with Crippen molar-refractivity contribution in [3.63, 3.8) is 0 Å². The molecule has 0 aliphatic carbocycles. The Morgan fingerprint density at radius 1 is 1.05 bits per heavy atom. The molecule has 4 unspecified atom stereocenters. The van der Waals surface area contributed by atoms with Gasteiger partial charge in [0.1, 0.15) is 0 Å². The Morgan fingerprint density at radius 2 is 1.95 bits per heavy atom. The highest BCUT2D eigenvalue weighted by molar-refractivity contribution is 4.99. The lowest BCUT2D eigenvalue weighted by molar-refractivity contribution is -0.0137. The lowest BCUT2D eigenvalue weighted by atomic mass is 9.92. The van der Waals surface area contributed by atoms with Gasteiger partial charge in [-0.1, -0.05) is 6.42 Å². The molecule has 0 saturated carbocycles. The van der Waals surface area contributed by atoms with Gasteiger partial charge in [-0.15, -0.1) is 0 Å². The van der Waals surface area contributed by atoms with Crippen LogP contribution in [0.3, 0.4) is 0 Å². The summed E-state index contributed by atoms with van der Waals surface area (Å²) in [6.07, 6.45) is 8.28. The van der Waals surface area contributed by atoms with Gasteiger partial charge in [-0.2, -0.15) is 0 Å². The number of hydrogen-bond acceptors (Lipinski definition) is 4. The number of methoxy groups -OCH3 is 1. The van der Waals surface area contributed by atoms with Crippen molar-refractivity contribution in [2.45, 2.75) is 62.8 Å². The lowest BCUT2D eigenvalue weighted by Crippen LogP contribution is -2.56. The van der Waals surface area contributed by atoms with Gasteiger partial charge < -0.3 is 10.5 Å². The summed E-state index contributed by atoms with van der Waals surface area (Å²) in [5.74, 6) is 0. The maximum absolute atomic E-state index is 6.04. The highest BCUT2D eigenvalue weighted by Gasteiger charge is 2.42. The number of nitrogens with two attached hydrogens (primary N) is 1. The molecule has 110 valence electrons. The minimum absolute atomic E-state index is 0.425. The van der Waals surface area contributed by atoms with Crippen molar-refractivity contribution in [3.8, 4) is 0 Å². The predicted octanol–water partition coefficient (Wildman–Crippen LogP) is 1.05. The number of likely N-dealkylation sites (tertiary alicyclic amines) is 1. The summed E-state index contributed by atoms with van der Waals surface area (Å²) in [5, 5.41) is 0. The van der Waals surface area contributed by atoms with Crippen LogP contribution >= 0.6 is 0 Å². The lowest BCUT2D eigenvalue weighted by Gasteiger charge is -2.45. The van der Waals surface area contributed by atoms with Crippen LogP contribution in [0.25, 0.3) is 0 Å². The molecule has 0 spiro atoms. The van der Waals surface area contributed by atoms with E-state index < -0.39 is 0 Å². The molecule has 4 nitrogen and oxygen atoms in total. The Morgan fingerprint density at radius 3 is 2.74 bits per heavy atom. The molecule has 2 N–H and O–H groups in total. The van der Waals surface area contributed by atoms with Crippen molar-refractivity contribution in [2.75, 3.05) is 33.3 Å². The number of piperidine rings is 2. The van der Waals surface area contributed by atoms with E-state index >= 15 is 0 Å². The molecule has 19 heavy (non-hydrogen) atoms. The first-order valence-corrected chi connectivity index (χ1v) is 8.06. The molecule has 4 heteroatoms. The second kappa shape index (κ2) is 6.08. The Balaban J connectivity index is 1.67. The summed E-state index contributed by atoms with van der Waals surface area (Å²) >= 11 is 0. The smallest absolute Gasteiger partial charge is 0.0599 e. The third kappa shape index (κ3) is 2.68. The second-order valence-electron chi connectivity index (χ2n) is 6.46. The number of hydrogen-bond donors (Lipinski definition) is 1. The topological polar surface area (TPSA) is 41.7 Å². The maximum atomic E-state index is 6.04. The quantitative estimate of drug-likeness (QED) is 0.830. The molecule has 3 aliphatic heterocycles. The molecule has 0 aromatic rings. The summed E-state index contributed by atoms with van der Waals surface area (Å²) in [6.45, 7) is 4.58. The first kappa shape index (κ1) is 13.8. The van der Waals surface area contributed by atoms with Gasteiger partial charge in [0.25, 0.3) is 0 Å². The SMILES string of the molecule is COC1CCN(C2CCN3CCCCC23)C(CN)C1. The Labute approximate surface area is 117 Å². The van der Waals surface area contributed by atoms with E-state index in [0.29, 0.717) is 12.1 Å². The highest BCUT2D eigenvalue weighted by atomic mass is 16.5. The van der Waals surface area contributed by atoms with E-state index in [9.17, 15) is 0 Å². The van der Waals surface area contributed by atoms with Gasteiger partial charge in [-0.05, 0) is 38.6 Å². The minimum atomic E-state index is 0.425. The van der Waals surface area contributed by atoms with Crippen molar-refractivity contribution in [1.29, 1.82) is 0 Å². The van der Waals surface area contributed by atoms with Crippen LogP contribution in [0.2, 0.25) is 0 Å². The fraction of sp³-hybridized carbons (Fsp3) is 1.00. The van der Waals surface area contributed by atoms with Gasteiger partial charge in [0.05, 0.1) is 6.10 Å². The first-order valence-electron chi connectivity index (χ1n) is 8.06. The van der Waals surface area contributed by atoms with Crippen molar-refractivity contribution in [3.05, 3.63) is 0 Å². The van der Waals surface area contributed by atoms with E-state index in [-0.39, 0.29) is 0 Å². The van der Waals surface area contributed by atoms with E-state index in [1.807, 2.05) is 7.11 Å². The summed E-state index contributed by atoms with van der Waals surface area (Å²) in [7, 11) is 1.84. The zero-order valence-electron chi connectivity index (χ0n) is 12.3. The largest absolute Gasteiger partial charge is 0.381 e. The van der Waals surface area contributed by atoms with Crippen LogP contribution in [0.1, 0.15) is 38.5 Å². The fourth-order valence-electron chi connectivity index (χ4n) is 4.52. The molecule has 0 aromatic heterocycles. The predicted molar refractivity (Wildman–Crippen MR) is 77.2 cm³/mol. The number of nitrogens with zero attached hydrogens (tertiary/aromatic N) is 2. The average Bonchev–Trinajstić information content (AvgIpc) is 2.90. The minimum Gasteiger partial charge on any atom is -0.381 e. The summed E-state index contributed by atoms with van der Waals surface area (Å²) in [5.41, 5.74) is 6.04. The van der Waals surface area contributed by atoms with Crippen molar-refractivity contribution in [2.24, 2.45) is 5.73 Å². The second-order valence-corrected chi connectivity index (χ2v) is 6.46. The van der Waals surface area contributed by atoms with E-state index in [0.717, 1.165) is 25.0 Å². The Kier molecular flexibility index (Phi) is 4.42. The molecule has 3 aliphatic rings. The Bertz CT molecular complexity index is 299. The van der Waals surface area contributed by atoms with E-state index in [1.165, 1.54) is 51.7 Å². The van der Waals surface area contributed by atoms with E-state index in [2.05, 4.69) is 9.80 Å². The van der Waals surface area contributed by atoms with Gasteiger partial charge >= 0.3 is 0 Å². The zero-order chi connectivity index (χ0) is 13.2. The summed E-state index contributed by atoms with van der Waals surface area (Å²) in [6, 6.07) is 2.10. The van der Waals surface area contributed by atoms with Gasteiger partial charge in [0.2, 0.25) is 0 Å². The molecular formula is C15H29N3O. The van der Waals surface area contributed by atoms with Crippen LogP contribution in [0.5, 0.6) is 0 Å². The normalized spacial score (nSPS) is 41.4. The summed E-state index contributed by atoms with van der Waals surface area (Å²) < 4.78 is 5.55. The first-order chi connectivity index (χ1) is 9.33. The Hall–Kier alpha value is -0.160. The molecule has 0 radical (unpaired) electrons. The van der Waals surface area contributed by atoms with Crippen LogP contribution in [-0.2, 0) is 4.74 Å². The van der Waals surface area contributed by atoms with E-state index in [1.54, 1.807) is 0 Å². The van der Waals surface area contributed by atoms with Crippen LogP contribution in [0.4, 0.5) is 0 Å². The molecule has 0 bridgehead atoms. The maximum Gasteiger partial charge on any atom is 0.0599 e. The van der Waals surface area contributed by atoms with Crippen LogP contribution in [0.15, 0.2) is 0 Å². The van der Waals surface area contributed by atoms with Gasteiger partial charge in [-0.3, -0.25) is 9.80 Å². The molecule has 0 aromatic carbocycles. The third-order valence-corrected chi connectivity index (χ3v) is 5.57. The average molecular weight is 267 g/mol. The molecular weight excluding hydrogens is 238 g/mol. The van der Waals surface area contributed by atoms with Gasteiger partial charge in [-0.25, -0.2) is 0 Å². The number of rotatable bonds is 3. The standard InChI is InChI=1S/C15H29N3O/c1-19-13-5-9-18(12(10-13)11-16)15-6-8-17-7-3-2-4-14(15)17/h12-15H,2-11,16H2,1H3. The van der Waals surface area contributed by atoms with Gasteiger partial charge in [0.15, 0.2) is 0 Å². The van der Waals surface area contributed by atoms with Crippen LogP contribution < -0.4 is 5.73 Å². The molecule has 3 saturated heterocycles. The molecule has 3 heterocycles. The molecule has 0 amide bonds. The zero-order valence-corrected chi connectivity index (χ0v) is 12.3. The molecule has 3 rings (SSSR count). The van der Waals surface area contributed by atoms with Crippen molar-refractivity contribution < 1.29 is 4.74 Å². The van der Waals surface area contributed by atoms with Crippen molar-refractivity contribution in [1.82, 2.24) is 9.80 Å². The van der Waals surface area contributed by atoms with E-state index in [4.69, 9.17) is 10.5 Å². The van der Waals surface area contributed by atoms with Crippen molar-refractivity contribution >= 4 is 0 Å². The summed E-state index contributed by atoms with van der Waals surface area (Å²) in [4.78, 5) is 5.45. The molecule has 4 atom stereocenters. The molecule has 3 fully saturated rings. The van der Waals surface area contributed by atoms with Crippen LogP contribution in [0, 0.1) is 0 Å². The monoisotopic (exact) mass is 267 g/mol. The van der Waals surface area contributed by atoms with Gasteiger partial charge in [0, 0.05) is 44.9 Å². The highest BCUT2D eigenvalue weighted by Crippen LogP contribution is 2.33. The number of fused-ring (bicyclic) bond motifs is 1.